The van der Waals surface area contributed by atoms with Crippen molar-refractivity contribution >= 4 is 39.1 Å². The van der Waals surface area contributed by atoms with Crippen LogP contribution in [0.1, 0.15) is 11.7 Å². The molecule has 0 radical (unpaired) electrons. The summed E-state index contributed by atoms with van der Waals surface area (Å²) in [6.07, 6.45) is 0.781. The Balaban J connectivity index is 3.04. The van der Waals surface area contributed by atoms with Gasteiger partial charge in [-0.2, -0.15) is 0 Å². The molecule has 0 spiro atoms. The number of rotatable bonds is 2. The number of hydrogen-bond acceptors (Lipinski definition) is 2. The fourth-order valence-electron chi connectivity index (χ4n) is 0.766. The molecular formula is C7H6BrCl2NO. The maximum atomic E-state index is 9.42. The Morgan fingerprint density at radius 3 is 2.83 bits per heavy atom. The van der Waals surface area contributed by atoms with Crippen molar-refractivity contribution in [3.8, 4) is 0 Å². The average molecular weight is 271 g/mol. The minimum atomic E-state index is -0.641. The first kappa shape index (κ1) is 10.3. The van der Waals surface area contributed by atoms with Crippen molar-refractivity contribution in [1.82, 2.24) is 4.98 Å². The third kappa shape index (κ3) is 2.33. The maximum Gasteiger partial charge on any atom is 0.129 e. The number of halogens is 3. The Kier molecular flexibility index (Phi) is 3.77. The predicted molar refractivity (Wildman–Crippen MR) is 53.0 cm³/mol. The SMILES string of the molecule is OC(CBr)c1cc(Cl)ncc1Cl. The topological polar surface area (TPSA) is 33.1 Å². The van der Waals surface area contributed by atoms with Gasteiger partial charge in [0.25, 0.3) is 0 Å². The second kappa shape index (κ2) is 4.42. The quantitative estimate of drug-likeness (QED) is 0.662. The van der Waals surface area contributed by atoms with Crippen molar-refractivity contribution in [2.75, 3.05) is 5.33 Å². The van der Waals surface area contributed by atoms with E-state index in [0.29, 0.717) is 21.1 Å². The summed E-state index contributed by atoms with van der Waals surface area (Å²) in [5.41, 5.74) is 0.591. The van der Waals surface area contributed by atoms with Crippen molar-refractivity contribution in [2.24, 2.45) is 0 Å². The molecule has 66 valence electrons. The first-order chi connectivity index (χ1) is 5.65. The largest absolute Gasteiger partial charge is 0.387 e. The van der Waals surface area contributed by atoms with Crippen LogP contribution in [0.25, 0.3) is 0 Å². The molecule has 1 aromatic rings. The Labute approximate surface area is 88.6 Å². The van der Waals surface area contributed by atoms with Gasteiger partial charge in [-0.15, -0.1) is 0 Å². The van der Waals surface area contributed by atoms with Gasteiger partial charge in [0.2, 0.25) is 0 Å². The zero-order chi connectivity index (χ0) is 9.14. The molecule has 12 heavy (non-hydrogen) atoms. The van der Waals surface area contributed by atoms with Gasteiger partial charge in [0.1, 0.15) is 5.15 Å². The summed E-state index contributed by atoms with van der Waals surface area (Å²) in [4.78, 5) is 3.76. The van der Waals surface area contributed by atoms with Crippen LogP contribution in [0.2, 0.25) is 10.2 Å². The van der Waals surface area contributed by atoms with Gasteiger partial charge >= 0.3 is 0 Å². The van der Waals surface area contributed by atoms with Gasteiger partial charge in [-0.05, 0) is 6.07 Å². The lowest BCUT2D eigenvalue weighted by Crippen LogP contribution is -1.99. The van der Waals surface area contributed by atoms with E-state index in [4.69, 9.17) is 23.2 Å². The number of aromatic nitrogens is 1. The number of pyridine rings is 1. The fraction of sp³-hybridized carbons (Fsp3) is 0.286. The normalized spacial score (nSPS) is 13.0. The molecule has 0 aromatic carbocycles. The summed E-state index contributed by atoms with van der Waals surface area (Å²) in [5.74, 6) is 0. The Bertz CT molecular complexity index is 282. The highest BCUT2D eigenvalue weighted by Gasteiger charge is 2.10. The second-order valence-corrected chi connectivity index (χ2v) is 3.64. The van der Waals surface area contributed by atoms with Crippen LogP contribution in [0.3, 0.4) is 0 Å². The molecule has 0 saturated carbocycles. The predicted octanol–water partition coefficient (Wildman–Crippen LogP) is 2.82. The fourth-order valence-corrected chi connectivity index (χ4v) is 1.51. The van der Waals surface area contributed by atoms with Gasteiger partial charge in [0, 0.05) is 17.1 Å². The lowest BCUT2D eigenvalue weighted by molar-refractivity contribution is 0.205. The molecule has 0 aliphatic rings. The molecule has 1 rings (SSSR count). The van der Waals surface area contributed by atoms with Crippen molar-refractivity contribution < 1.29 is 5.11 Å². The van der Waals surface area contributed by atoms with E-state index in [9.17, 15) is 5.11 Å². The smallest absolute Gasteiger partial charge is 0.129 e. The third-order valence-corrected chi connectivity index (χ3v) is 2.49. The molecule has 1 aromatic heterocycles. The van der Waals surface area contributed by atoms with Crippen molar-refractivity contribution in [1.29, 1.82) is 0 Å². The van der Waals surface area contributed by atoms with Gasteiger partial charge in [-0.25, -0.2) is 4.98 Å². The second-order valence-electron chi connectivity index (χ2n) is 2.20. The van der Waals surface area contributed by atoms with Crippen LogP contribution >= 0.6 is 39.1 Å². The van der Waals surface area contributed by atoms with E-state index < -0.39 is 6.10 Å². The molecule has 5 heteroatoms. The molecule has 2 nitrogen and oxygen atoms in total. The van der Waals surface area contributed by atoms with E-state index in [1.54, 1.807) is 6.07 Å². The monoisotopic (exact) mass is 269 g/mol. The van der Waals surface area contributed by atoms with Crippen LogP contribution < -0.4 is 0 Å². The minimum absolute atomic E-state index is 0.328. The lowest BCUT2D eigenvalue weighted by atomic mass is 10.2. The molecule has 1 atom stereocenters. The molecule has 0 amide bonds. The number of hydrogen-bond donors (Lipinski definition) is 1. The van der Waals surface area contributed by atoms with E-state index in [2.05, 4.69) is 20.9 Å². The molecule has 0 aliphatic carbocycles. The summed E-state index contributed by atoms with van der Waals surface area (Å²) in [5, 5.41) is 10.6. The third-order valence-electron chi connectivity index (χ3n) is 1.36. The van der Waals surface area contributed by atoms with Crippen molar-refractivity contribution in [3.63, 3.8) is 0 Å². The summed E-state index contributed by atoms with van der Waals surface area (Å²) < 4.78 is 0. The summed E-state index contributed by atoms with van der Waals surface area (Å²) >= 11 is 14.5. The molecule has 1 unspecified atom stereocenters. The van der Waals surface area contributed by atoms with Crippen LogP contribution in [-0.2, 0) is 0 Å². The van der Waals surface area contributed by atoms with Crippen molar-refractivity contribution in [2.45, 2.75) is 6.10 Å². The first-order valence-electron chi connectivity index (χ1n) is 3.20. The Morgan fingerprint density at radius 2 is 2.25 bits per heavy atom. The van der Waals surface area contributed by atoms with E-state index in [1.807, 2.05) is 0 Å². The standard InChI is InChI=1S/C7H6BrCl2NO/c8-2-6(12)4-1-7(10)11-3-5(4)9/h1,3,6,12H,2H2. The number of aliphatic hydroxyl groups excluding tert-OH is 1. The highest BCUT2D eigenvalue weighted by molar-refractivity contribution is 9.09. The van der Waals surface area contributed by atoms with Gasteiger partial charge < -0.3 is 5.11 Å². The van der Waals surface area contributed by atoms with Crippen LogP contribution in [0.15, 0.2) is 12.3 Å². The summed E-state index contributed by atoms with van der Waals surface area (Å²) in [6.45, 7) is 0. The average Bonchev–Trinajstić information content (AvgIpc) is 2.08. The highest BCUT2D eigenvalue weighted by atomic mass is 79.9. The number of nitrogens with zero attached hydrogens (tertiary/aromatic N) is 1. The molecule has 0 fully saturated rings. The zero-order valence-corrected chi connectivity index (χ0v) is 9.07. The Hall–Kier alpha value is 0.170. The maximum absolute atomic E-state index is 9.42. The molecular weight excluding hydrogens is 265 g/mol. The highest BCUT2D eigenvalue weighted by Crippen LogP contribution is 2.25. The van der Waals surface area contributed by atoms with Crippen LogP contribution in [-0.4, -0.2) is 15.4 Å². The van der Waals surface area contributed by atoms with E-state index in [1.165, 1.54) is 6.20 Å². The van der Waals surface area contributed by atoms with Gasteiger partial charge in [0.15, 0.2) is 0 Å². The molecule has 0 saturated heterocycles. The molecule has 1 heterocycles. The van der Waals surface area contributed by atoms with E-state index in [0.717, 1.165) is 0 Å². The van der Waals surface area contributed by atoms with Crippen LogP contribution in [0.4, 0.5) is 0 Å². The van der Waals surface area contributed by atoms with Gasteiger partial charge in [-0.1, -0.05) is 39.1 Å². The summed E-state index contributed by atoms with van der Waals surface area (Å²) in [7, 11) is 0. The summed E-state index contributed by atoms with van der Waals surface area (Å²) in [6, 6.07) is 1.55. The van der Waals surface area contributed by atoms with E-state index in [-0.39, 0.29) is 0 Å². The van der Waals surface area contributed by atoms with Crippen LogP contribution in [0.5, 0.6) is 0 Å². The number of alkyl halides is 1. The van der Waals surface area contributed by atoms with Gasteiger partial charge in [-0.3, -0.25) is 0 Å². The lowest BCUT2D eigenvalue weighted by Gasteiger charge is -2.08. The number of aliphatic hydroxyl groups is 1. The molecule has 0 bridgehead atoms. The first-order valence-corrected chi connectivity index (χ1v) is 5.08. The molecule has 0 aliphatic heterocycles. The van der Waals surface area contributed by atoms with Crippen LogP contribution in [0, 0.1) is 0 Å². The van der Waals surface area contributed by atoms with E-state index >= 15 is 0 Å². The zero-order valence-electron chi connectivity index (χ0n) is 5.97. The van der Waals surface area contributed by atoms with Gasteiger partial charge in [0.05, 0.1) is 11.1 Å². The Morgan fingerprint density at radius 1 is 1.58 bits per heavy atom. The molecule has 1 N–H and O–H groups in total. The van der Waals surface area contributed by atoms with Crippen molar-refractivity contribution in [3.05, 3.63) is 28.0 Å². The minimum Gasteiger partial charge on any atom is -0.387 e.